The SMILES string of the molecule is CCCCC(C(=O)N1CCCC1C(=O)N(C)C)C(O)C(=O)NO. The molecule has 1 fully saturated rings. The molecule has 3 N–H and O–H groups in total. The molecule has 0 aromatic carbocycles. The molecule has 132 valence electrons. The van der Waals surface area contributed by atoms with Crippen LogP contribution in [-0.4, -0.2) is 70.6 Å². The van der Waals surface area contributed by atoms with Gasteiger partial charge < -0.3 is 14.9 Å². The third-order valence-electron chi connectivity index (χ3n) is 4.21. The maximum absolute atomic E-state index is 12.8. The molecule has 0 spiro atoms. The van der Waals surface area contributed by atoms with Gasteiger partial charge in [0.25, 0.3) is 5.91 Å². The van der Waals surface area contributed by atoms with Crippen LogP contribution < -0.4 is 5.48 Å². The normalized spacial score (nSPS) is 20.0. The number of aliphatic hydroxyl groups is 1. The molecule has 3 unspecified atom stereocenters. The van der Waals surface area contributed by atoms with E-state index in [0.29, 0.717) is 32.2 Å². The number of hydrogen-bond acceptors (Lipinski definition) is 5. The number of hydrogen-bond donors (Lipinski definition) is 3. The van der Waals surface area contributed by atoms with Crippen molar-refractivity contribution in [1.82, 2.24) is 15.3 Å². The maximum Gasteiger partial charge on any atom is 0.272 e. The van der Waals surface area contributed by atoms with Crippen LogP contribution in [0.3, 0.4) is 0 Å². The summed E-state index contributed by atoms with van der Waals surface area (Å²) in [6, 6.07) is -0.550. The summed E-state index contributed by atoms with van der Waals surface area (Å²) in [6.45, 7) is 2.37. The molecular weight excluding hydrogens is 302 g/mol. The van der Waals surface area contributed by atoms with E-state index < -0.39 is 29.9 Å². The molecule has 0 radical (unpaired) electrons. The predicted octanol–water partition coefficient (Wildman–Crippen LogP) is -0.262. The number of unbranched alkanes of at least 4 members (excludes halogenated alkanes) is 1. The summed E-state index contributed by atoms with van der Waals surface area (Å²) in [5, 5.41) is 18.7. The van der Waals surface area contributed by atoms with Gasteiger partial charge in [-0.1, -0.05) is 19.8 Å². The van der Waals surface area contributed by atoms with E-state index in [0.717, 1.165) is 6.42 Å². The highest BCUT2D eigenvalue weighted by atomic mass is 16.5. The van der Waals surface area contributed by atoms with Crippen molar-refractivity contribution in [2.24, 2.45) is 5.92 Å². The Kier molecular flexibility index (Phi) is 7.44. The number of nitrogens with one attached hydrogen (secondary N) is 1. The first-order valence-corrected chi connectivity index (χ1v) is 7.98. The van der Waals surface area contributed by atoms with Crippen molar-refractivity contribution in [3.63, 3.8) is 0 Å². The summed E-state index contributed by atoms with van der Waals surface area (Å²) in [5.41, 5.74) is 1.38. The highest BCUT2D eigenvalue weighted by Crippen LogP contribution is 2.25. The van der Waals surface area contributed by atoms with Crippen LogP contribution in [0.15, 0.2) is 0 Å². The number of rotatable bonds is 7. The van der Waals surface area contributed by atoms with Gasteiger partial charge in [-0.25, -0.2) is 5.48 Å². The Bertz CT molecular complexity index is 441. The summed E-state index contributed by atoms with van der Waals surface area (Å²) in [5.74, 6) is -2.54. The molecule has 1 heterocycles. The van der Waals surface area contributed by atoms with E-state index >= 15 is 0 Å². The summed E-state index contributed by atoms with van der Waals surface area (Å²) >= 11 is 0. The first-order valence-electron chi connectivity index (χ1n) is 7.98. The van der Waals surface area contributed by atoms with E-state index in [1.165, 1.54) is 15.3 Å². The lowest BCUT2D eigenvalue weighted by molar-refractivity contribution is -0.153. The van der Waals surface area contributed by atoms with Gasteiger partial charge in [0.05, 0.1) is 5.92 Å². The van der Waals surface area contributed by atoms with Gasteiger partial charge >= 0.3 is 0 Å². The van der Waals surface area contributed by atoms with Gasteiger partial charge in [0.2, 0.25) is 11.8 Å². The Hall–Kier alpha value is -1.67. The predicted molar refractivity (Wildman–Crippen MR) is 82.4 cm³/mol. The fourth-order valence-electron chi connectivity index (χ4n) is 2.89. The highest BCUT2D eigenvalue weighted by Gasteiger charge is 2.41. The first kappa shape index (κ1) is 19.4. The summed E-state index contributed by atoms with van der Waals surface area (Å²) in [6.07, 6.45) is 1.44. The number of amides is 3. The van der Waals surface area contributed by atoms with Crippen LogP contribution in [0, 0.1) is 5.92 Å². The number of likely N-dealkylation sites (N-methyl/N-ethyl adjacent to an activating group) is 1. The highest BCUT2D eigenvalue weighted by molar-refractivity contribution is 5.92. The molecule has 1 aliphatic rings. The molecule has 0 aromatic rings. The van der Waals surface area contributed by atoms with Gasteiger partial charge in [-0.05, 0) is 19.3 Å². The minimum atomic E-state index is -1.63. The molecule has 8 heteroatoms. The molecule has 0 saturated carbocycles. The Morgan fingerprint density at radius 2 is 2.00 bits per heavy atom. The Labute approximate surface area is 136 Å². The quantitative estimate of drug-likeness (QED) is 0.440. The van der Waals surface area contributed by atoms with Crippen molar-refractivity contribution in [3.8, 4) is 0 Å². The molecule has 3 atom stereocenters. The van der Waals surface area contributed by atoms with E-state index in [1.54, 1.807) is 14.1 Å². The monoisotopic (exact) mass is 329 g/mol. The molecule has 0 aromatic heterocycles. The molecule has 8 nitrogen and oxygen atoms in total. The zero-order valence-electron chi connectivity index (χ0n) is 14.0. The number of carbonyl (C=O) groups is 3. The van der Waals surface area contributed by atoms with Gasteiger partial charge in [0, 0.05) is 20.6 Å². The zero-order valence-corrected chi connectivity index (χ0v) is 14.0. The molecular formula is C15H27N3O5. The molecule has 1 saturated heterocycles. The Morgan fingerprint density at radius 3 is 2.52 bits per heavy atom. The number of carbonyl (C=O) groups excluding carboxylic acids is 3. The summed E-state index contributed by atoms with van der Waals surface area (Å²) < 4.78 is 0. The van der Waals surface area contributed by atoms with Crippen molar-refractivity contribution >= 4 is 17.7 Å². The standard InChI is InChI=1S/C15H27N3O5/c1-4-5-7-10(12(19)13(20)16-23)14(21)18-9-6-8-11(18)15(22)17(2)3/h10-12,19,23H,4-9H2,1-3H3,(H,16,20). The van der Waals surface area contributed by atoms with Crippen LogP contribution in [0.4, 0.5) is 0 Å². The van der Waals surface area contributed by atoms with Crippen molar-refractivity contribution in [3.05, 3.63) is 0 Å². The maximum atomic E-state index is 12.8. The Balaban J connectivity index is 2.94. The average molecular weight is 329 g/mol. The third-order valence-corrected chi connectivity index (χ3v) is 4.21. The van der Waals surface area contributed by atoms with Crippen molar-refractivity contribution in [2.45, 2.75) is 51.2 Å². The van der Waals surface area contributed by atoms with E-state index in [1.807, 2.05) is 6.92 Å². The lowest BCUT2D eigenvalue weighted by Crippen LogP contribution is -2.51. The minimum absolute atomic E-state index is 0.161. The average Bonchev–Trinajstić information content (AvgIpc) is 3.02. The number of nitrogens with zero attached hydrogens (tertiary/aromatic N) is 2. The molecule has 3 amide bonds. The van der Waals surface area contributed by atoms with Crippen molar-refractivity contribution in [2.75, 3.05) is 20.6 Å². The van der Waals surface area contributed by atoms with Crippen LogP contribution in [-0.2, 0) is 14.4 Å². The van der Waals surface area contributed by atoms with Gasteiger partial charge in [0.15, 0.2) is 0 Å². The lowest BCUT2D eigenvalue weighted by atomic mass is 9.93. The van der Waals surface area contributed by atoms with Gasteiger partial charge in [0.1, 0.15) is 12.1 Å². The zero-order chi connectivity index (χ0) is 17.6. The number of hydroxylamine groups is 1. The van der Waals surface area contributed by atoms with Crippen molar-refractivity contribution in [1.29, 1.82) is 0 Å². The van der Waals surface area contributed by atoms with Crippen LogP contribution in [0.2, 0.25) is 0 Å². The second-order valence-corrected chi connectivity index (χ2v) is 6.09. The van der Waals surface area contributed by atoms with E-state index in [2.05, 4.69) is 0 Å². The Morgan fingerprint density at radius 1 is 1.35 bits per heavy atom. The smallest absolute Gasteiger partial charge is 0.272 e. The van der Waals surface area contributed by atoms with Crippen LogP contribution in [0.25, 0.3) is 0 Å². The van der Waals surface area contributed by atoms with Crippen LogP contribution in [0.5, 0.6) is 0 Å². The van der Waals surface area contributed by atoms with Crippen molar-refractivity contribution < 1.29 is 24.7 Å². The molecule has 1 aliphatic heterocycles. The topological polar surface area (TPSA) is 110 Å². The number of aliphatic hydroxyl groups excluding tert-OH is 1. The second-order valence-electron chi connectivity index (χ2n) is 6.09. The third kappa shape index (κ3) is 4.65. The van der Waals surface area contributed by atoms with Crippen LogP contribution in [0.1, 0.15) is 39.0 Å². The van der Waals surface area contributed by atoms with Crippen LogP contribution >= 0.6 is 0 Å². The van der Waals surface area contributed by atoms with E-state index in [-0.39, 0.29) is 5.91 Å². The van der Waals surface area contributed by atoms with Gasteiger partial charge in [-0.3, -0.25) is 19.6 Å². The molecule has 0 bridgehead atoms. The fourth-order valence-corrected chi connectivity index (χ4v) is 2.89. The molecule has 23 heavy (non-hydrogen) atoms. The molecule has 1 rings (SSSR count). The lowest BCUT2D eigenvalue weighted by Gasteiger charge is -2.31. The van der Waals surface area contributed by atoms with Gasteiger partial charge in [-0.15, -0.1) is 0 Å². The minimum Gasteiger partial charge on any atom is -0.382 e. The molecule has 0 aliphatic carbocycles. The summed E-state index contributed by atoms with van der Waals surface area (Å²) in [7, 11) is 3.26. The fraction of sp³-hybridized carbons (Fsp3) is 0.800. The summed E-state index contributed by atoms with van der Waals surface area (Å²) in [4.78, 5) is 39.4. The van der Waals surface area contributed by atoms with Gasteiger partial charge in [-0.2, -0.15) is 0 Å². The first-order chi connectivity index (χ1) is 10.8. The number of likely N-dealkylation sites (tertiary alicyclic amines) is 1. The largest absolute Gasteiger partial charge is 0.382 e. The van der Waals surface area contributed by atoms with E-state index in [9.17, 15) is 19.5 Å². The van der Waals surface area contributed by atoms with E-state index in [4.69, 9.17) is 5.21 Å². The second kappa shape index (κ2) is 8.83.